The van der Waals surface area contributed by atoms with E-state index >= 15 is 0 Å². The SMILES string of the molecule is CC(N)C1(c2ccccc2N2CCOCC2)CC1. The van der Waals surface area contributed by atoms with E-state index in [0.29, 0.717) is 0 Å². The molecule has 3 nitrogen and oxygen atoms in total. The second-order valence-corrected chi connectivity index (χ2v) is 5.56. The molecule has 1 saturated carbocycles. The number of morpholine rings is 1. The predicted octanol–water partition coefficient (Wildman–Crippen LogP) is 1.90. The minimum Gasteiger partial charge on any atom is -0.378 e. The molecule has 0 spiro atoms. The van der Waals surface area contributed by atoms with E-state index in [4.69, 9.17) is 10.5 Å². The zero-order valence-corrected chi connectivity index (χ0v) is 11.1. The summed E-state index contributed by atoms with van der Waals surface area (Å²) in [6, 6.07) is 9.01. The second-order valence-electron chi connectivity index (χ2n) is 5.56. The molecule has 3 rings (SSSR count). The van der Waals surface area contributed by atoms with Gasteiger partial charge >= 0.3 is 0 Å². The third kappa shape index (κ3) is 1.91. The van der Waals surface area contributed by atoms with Crippen molar-refractivity contribution >= 4 is 5.69 Å². The summed E-state index contributed by atoms with van der Waals surface area (Å²) in [6.45, 7) is 5.79. The van der Waals surface area contributed by atoms with E-state index in [-0.39, 0.29) is 11.5 Å². The van der Waals surface area contributed by atoms with Crippen LogP contribution >= 0.6 is 0 Å². The van der Waals surface area contributed by atoms with Crippen molar-refractivity contribution in [2.24, 2.45) is 5.73 Å². The molecular formula is C15H22N2O. The van der Waals surface area contributed by atoms with E-state index in [0.717, 1.165) is 26.3 Å². The molecule has 3 heteroatoms. The molecule has 0 aromatic heterocycles. The molecule has 2 N–H and O–H groups in total. The van der Waals surface area contributed by atoms with Crippen molar-refractivity contribution in [1.29, 1.82) is 0 Å². The fourth-order valence-corrected chi connectivity index (χ4v) is 3.08. The van der Waals surface area contributed by atoms with Crippen molar-refractivity contribution < 1.29 is 4.74 Å². The lowest BCUT2D eigenvalue weighted by molar-refractivity contribution is 0.122. The average molecular weight is 246 g/mol. The minimum atomic E-state index is 0.231. The number of hydrogen-bond donors (Lipinski definition) is 1. The highest BCUT2D eigenvalue weighted by atomic mass is 16.5. The van der Waals surface area contributed by atoms with Gasteiger partial charge in [-0.15, -0.1) is 0 Å². The Kier molecular flexibility index (Phi) is 3.04. The fourth-order valence-electron chi connectivity index (χ4n) is 3.08. The molecule has 1 aliphatic heterocycles. The van der Waals surface area contributed by atoms with Crippen molar-refractivity contribution in [1.82, 2.24) is 0 Å². The summed E-state index contributed by atoms with van der Waals surface area (Å²) in [4.78, 5) is 2.45. The number of nitrogens with zero attached hydrogens (tertiary/aromatic N) is 1. The van der Waals surface area contributed by atoms with Crippen molar-refractivity contribution in [3.05, 3.63) is 29.8 Å². The van der Waals surface area contributed by atoms with E-state index in [9.17, 15) is 0 Å². The number of hydrogen-bond acceptors (Lipinski definition) is 3. The van der Waals surface area contributed by atoms with Crippen LogP contribution in [0.3, 0.4) is 0 Å². The van der Waals surface area contributed by atoms with Gasteiger partial charge < -0.3 is 15.4 Å². The van der Waals surface area contributed by atoms with Gasteiger partial charge in [0, 0.05) is 30.2 Å². The zero-order chi connectivity index (χ0) is 12.6. The molecule has 1 heterocycles. The maximum atomic E-state index is 6.22. The lowest BCUT2D eigenvalue weighted by atomic mass is 9.87. The third-order valence-corrected chi connectivity index (χ3v) is 4.45. The lowest BCUT2D eigenvalue weighted by Gasteiger charge is -2.33. The topological polar surface area (TPSA) is 38.5 Å². The van der Waals surface area contributed by atoms with Gasteiger partial charge in [-0.25, -0.2) is 0 Å². The van der Waals surface area contributed by atoms with E-state index in [1.165, 1.54) is 24.1 Å². The second kappa shape index (κ2) is 4.56. The van der Waals surface area contributed by atoms with Crippen molar-refractivity contribution in [2.45, 2.75) is 31.2 Å². The average Bonchev–Trinajstić information content (AvgIpc) is 3.21. The first kappa shape index (κ1) is 12.0. The van der Waals surface area contributed by atoms with Gasteiger partial charge in [0.2, 0.25) is 0 Å². The smallest absolute Gasteiger partial charge is 0.0642 e. The number of benzene rings is 1. The van der Waals surface area contributed by atoms with Gasteiger partial charge in [0.25, 0.3) is 0 Å². The molecule has 2 aliphatic rings. The van der Waals surface area contributed by atoms with Crippen LogP contribution in [-0.4, -0.2) is 32.3 Å². The minimum absolute atomic E-state index is 0.231. The molecule has 1 atom stereocenters. The number of nitrogens with two attached hydrogens (primary N) is 1. The summed E-state index contributed by atoms with van der Waals surface area (Å²) in [5.41, 5.74) is 9.27. The van der Waals surface area contributed by atoms with E-state index in [1.54, 1.807) is 0 Å². The van der Waals surface area contributed by atoms with Crippen LogP contribution in [0.25, 0.3) is 0 Å². The van der Waals surface area contributed by atoms with E-state index in [2.05, 4.69) is 36.1 Å². The molecule has 1 unspecified atom stereocenters. The van der Waals surface area contributed by atoms with Crippen molar-refractivity contribution in [3.8, 4) is 0 Å². The van der Waals surface area contributed by atoms with Crippen LogP contribution in [0, 0.1) is 0 Å². The lowest BCUT2D eigenvalue weighted by Crippen LogP contribution is -2.39. The van der Waals surface area contributed by atoms with E-state index in [1.807, 2.05) is 0 Å². The molecular weight excluding hydrogens is 224 g/mol. The molecule has 1 aromatic rings. The van der Waals surface area contributed by atoms with Gasteiger partial charge in [-0.05, 0) is 31.4 Å². The number of para-hydroxylation sites is 1. The molecule has 2 fully saturated rings. The third-order valence-electron chi connectivity index (χ3n) is 4.45. The molecule has 1 saturated heterocycles. The molecule has 0 radical (unpaired) electrons. The van der Waals surface area contributed by atoms with Gasteiger partial charge in [-0.1, -0.05) is 18.2 Å². The first-order valence-corrected chi connectivity index (χ1v) is 6.92. The molecule has 98 valence electrons. The molecule has 1 aliphatic carbocycles. The quantitative estimate of drug-likeness (QED) is 0.885. The Bertz CT molecular complexity index is 420. The highest BCUT2D eigenvalue weighted by Crippen LogP contribution is 2.53. The van der Waals surface area contributed by atoms with Crippen LogP contribution in [-0.2, 0) is 10.2 Å². The van der Waals surface area contributed by atoms with Gasteiger partial charge in [-0.2, -0.15) is 0 Å². The van der Waals surface area contributed by atoms with Crippen molar-refractivity contribution in [3.63, 3.8) is 0 Å². The summed E-state index contributed by atoms with van der Waals surface area (Å²) in [7, 11) is 0. The van der Waals surface area contributed by atoms with Gasteiger partial charge in [0.15, 0.2) is 0 Å². The Morgan fingerprint density at radius 2 is 1.89 bits per heavy atom. The van der Waals surface area contributed by atoms with E-state index < -0.39 is 0 Å². The Morgan fingerprint density at radius 1 is 1.22 bits per heavy atom. The summed E-state index contributed by atoms with van der Waals surface area (Å²) in [5, 5.41) is 0. The largest absolute Gasteiger partial charge is 0.378 e. The van der Waals surface area contributed by atoms with Crippen LogP contribution in [0.15, 0.2) is 24.3 Å². The standard InChI is InChI=1S/C15H22N2O/c1-12(16)15(6-7-15)13-4-2-3-5-14(13)17-8-10-18-11-9-17/h2-5,12H,6-11,16H2,1H3. The molecule has 0 amide bonds. The summed E-state index contributed by atoms with van der Waals surface area (Å²) in [5.74, 6) is 0. The van der Waals surface area contributed by atoms with Crippen LogP contribution in [0.5, 0.6) is 0 Å². The molecule has 18 heavy (non-hydrogen) atoms. The number of rotatable bonds is 3. The zero-order valence-electron chi connectivity index (χ0n) is 11.1. The van der Waals surface area contributed by atoms with Gasteiger partial charge in [0.1, 0.15) is 0 Å². The highest BCUT2D eigenvalue weighted by Gasteiger charge is 2.48. The fraction of sp³-hybridized carbons (Fsp3) is 0.600. The van der Waals surface area contributed by atoms with Crippen LogP contribution in [0.1, 0.15) is 25.3 Å². The number of ether oxygens (including phenoxy) is 1. The monoisotopic (exact) mass is 246 g/mol. The maximum Gasteiger partial charge on any atom is 0.0642 e. The first-order valence-electron chi connectivity index (χ1n) is 6.92. The predicted molar refractivity (Wildman–Crippen MR) is 74.0 cm³/mol. The Labute approximate surface area is 109 Å². The van der Waals surface area contributed by atoms with Gasteiger partial charge in [0.05, 0.1) is 13.2 Å². The Hall–Kier alpha value is -1.06. The van der Waals surface area contributed by atoms with Crippen LogP contribution in [0.4, 0.5) is 5.69 Å². The Morgan fingerprint density at radius 3 is 2.50 bits per heavy atom. The summed E-state index contributed by atoms with van der Waals surface area (Å²) >= 11 is 0. The summed E-state index contributed by atoms with van der Waals surface area (Å²) < 4.78 is 5.44. The normalized spacial score (nSPS) is 23.8. The molecule has 1 aromatic carbocycles. The van der Waals surface area contributed by atoms with Crippen LogP contribution in [0.2, 0.25) is 0 Å². The molecule has 0 bridgehead atoms. The number of anilines is 1. The van der Waals surface area contributed by atoms with Crippen molar-refractivity contribution in [2.75, 3.05) is 31.2 Å². The highest BCUT2D eigenvalue weighted by molar-refractivity contribution is 5.59. The Balaban J connectivity index is 1.95. The van der Waals surface area contributed by atoms with Gasteiger partial charge in [-0.3, -0.25) is 0 Å². The van der Waals surface area contributed by atoms with Crippen LogP contribution < -0.4 is 10.6 Å². The summed E-state index contributed by atoms with van der Waals surface area (Å²) in [6.07, 6.45) is 2.46. The first-order chi connectivity index (χ1) is 8.74. The maximum absolute atomic E-state index is 6.22.